The largest absolute Gasteiger partial charge is 0.466 e. The van der Waals surface area contributed by atoms with E-state index in [1.807, 2.05) is 0 Å². The minimum absolute atomic E-state index is 0.102. The summed E-state index contributed by atoms with van der Waals surface area (Å²) in [5.41, 5.74) is 0. The third kappa shape index (κ3) is 2.10. The fourth-order valence-corrected chi connectivity index (χ4v) is 0.957. The first-order valence-electron chi connectivity index (χ1n) is 3.22. The molecule has 0 aromatic heterocycles. The molecule has 1 unspecified atom stereocenters. The molecule has 1 saturated heterocycles. The van der Waals surface area contributed by atoms with Crippen LogP contribution in [0.3, 0.4) is 0 Å². The van der Waals surface area contributed by atoms with Crippen molar-refractivity contribution >= 4 is 5.97 Å². The van der Waals surface area contributed by atoms with E-state index in [0.29, 0.717) is 0 Å². The van der Waals surface area contributed by atoms with Crippen LogP contribution in [0.25, 0.3) is 0 Å². The molecule has 64 valence electrons. The molecule has 0 aromatic carbocycles. The first kappa shape index (κ1) is 8.36. The second-order valence-corrected chi connectivity index (χ2v) is 2.45. The first-order chi connectivity index (χ1) is 5.00. The highest BCUT2D eigenvalue weighted by atomic mass is 19.4. The lowest BCUT2D eigenvalue weighted by Gasteiger charge is -2.23. The molecule has 11 heavy (non-hydrogen) atoms. The molecule has 1 aliphatic heterocycles. The molecule has 0 saturated carbocycles. The normalized spacial score (nSPS) is 26.5. The van der Waals surface area contributed by atoms with Crippen LogP contribution in [0.4, 0.5) is 13.2 Å². The maximum atomic E-state index is 11.9. The van der Waals surface area contributed by atoms with Crippen molar-refractivity contribution in [2.75, 3.05) is 6.61 Å². The van der Waals surface area contributed by atoms with Gasteiger partial charge in [-0.25, -0.2) is 0 Å². The van der Waals surface area contributed by atoms with Crippen molar-refractivity contribution in [3.63, 3.8) is 0 Å². The molecule has 1 heterocycles. The van der Waals surface area contributed by atoms with Gasteiger partial charge in [-0.3, -0.25) is 4.79 Å². The third-order valence-electron chi connectivity index (χ3n) is 1.61. The smallest absolute Gasteiger partial charge is 0.392 e. The van der Waals surface area contributed by atoms with Gasteiger partial charge < -0.3 is 4.74 Å². The van der Waals surface area contributed by atoms with E-state index in [1.165, 1.54) is 0 Å². The second kappa shape index (κ2) is 2.71. The Labute approximate surface area is 61.3 Å². The van der Waals surface area contributed by atoms with E-state index >= 15 is 0 Å². The zero-order valence-electron chi connectivity index (χ0n) is 5.65. The zero-order chi connectivity index (χ0) is 8.48. The number of carbonyl (C=O) groups is 1. The number of hydrogen-bond donors (Lipinski definition) is 0. The quantitative estimate of drug-likeness (QED) is 0.512. The van der Waals surface area contributed by atoms with Gasteiger partial charge in [0.05, 0.1) is 18.9 Å². The highest BCUT2D eigenvalue weighted by Crippen LogP contribution is 2.33. The van der Waals surface area contributed by atoms with Crippen LogP contribution in [-0.2, 0) is 9.53 Å². The van der Waals surface area contributed by atoms with Crippen molar-refractivity contribution in [3.05, 3.63) is 0 Å². The van der Waals surface area contributed by atoms with Crippen molar-refractivity contribution in [1.82, 2.24) is 0 Å². The van der Waals surface area contributed by atoms with Crippen LogP contribution in [0.15, 0.2) is 0 Å². The molecule has 0 amide bonds. The van der Waals surface area contributed by atoms with E-state index in [2.05, 4.69) is 4.74 Å². The Morgan fingerprint density at radius 3 is 2.45 bits per heavy atom. The number of ether oxygens (including phenoxy) is 1. The molecule has 0 bridgehead atoms. The summed E-state index contributed by atoms with van der Waals surface area (Å²) in [6.07, 6.45) is -4.88. The van der Waals surface area contributed by atoms with E-state index in [0.717, 1.165) is 0 Å². The molecule has 1 fully saturated rings. The molecule has 0 spiro atoms. The van der Waals surface area contributed by atoms with Gasteiger partial charge in [0.2, 0.25) is 0 Å². The van der Waals surface area contributed by atoms with E-state index < -0.39 is 24.5 Å². The number of cyclic esters (lactones) is 1. The van der Waals surface area contributed by atoms with Gasteiger partial charge in [0.1, 0.15) is 0 Å². The van der Waals surface area contributed by atoms with E-state index in [9.17, 15) is 18.0 Å². The summed E-state index contributed by atoms with van der Waals surface area (Å²) in [7, 11) is 0. The lowest BCUT2D eigenvalue weighted by molar-refractivity contribution is -0.198. The lowest BCUT2D eigenvalue weighted by atomic mass is 10.00. The van der Waals surface area contributed by atoms with Crippen molar-refractivity contribution in [2.45, 2.75) is 19.0 Å². The van der Waals surface area contributed by atoms with E-state index in [1.54, 1.807) is 0 Å². The van der Waals surface area contributed by atoms with Gasteiger partial charge in [0.25, 0.3) is 0 Å². The molecule has 0 radical (unpaired) electrons. The van der Waals surface area contributed by atoms with Gasteiger partial charge in [-0.1, -0.05) is 0 Å². The molecule has 0 aromatic rings. The predicted molar refractivity (Wildman–Crippen MR) is 29.7 cm³/mol. The van der Waals surface area contributed by atoms with Gasteiger partial charge in [0, 0.05) is 0 Å². The summed E-state index contributed by atoms with van der Waals surface area (Å²) in [6.45, 7) is -0.108. The summed E-state index contributed by atoms with van der Waals surface area (Å²) in [5.74, 6) is -2.25. The van der Waals surface area contributed by atoms with Crippen molar-refractivity contribution in [1.29, 1.82) is 0 Å². The zero-order valence-corrected chi connectivity index (χ0v) is 5.65. The molecular formula is C6H7F3O2. The van der Waals surface area contributed by atoms with Crippen LogP contribution >= 0.6 is 0 Å². The van der Waals surface area contributed by atoms with Gasteiger partial charge in [-0.05, 0) is 6.42 Å². The molecule has 2 nitrogen and oxygen atoms in total. The van der Waals surface area contributed by atoms with E-state index in [-0.39, 0.29) is 13.0 Å². The Morgan fingerprint density at radius 2 is 2.09 bits per heavy atom. The van der Waals surface area contributed by atoms with Gasteiger partial charge >= 0.3 is 12.1 Å². The number of hydrogen-bond acceptors (Lipinski definition) is 2. The van der Waals surface area contributed by atoms with Gasteiger partial charge in [-0.15, -0.1) is 0 Å². The minimum atomic E-state index is -4.25. The van der Waals surface area contributed by atoms with Crippen molar-refractivity contribution < 1.29 is 22.7 Å². The predicted octanol–water partition coefficient (Wildman–Crippen LogP) is 1.50. The molecule has 1 atom stereocenters. The number of esters is 1. The highest BCUT2D eigenvalue weighted by Gasteiger charge is 2.42. The minimum Gasteiger partial charge on any atom is -0.466 e. The van der Waals surface area contributed by atoms with Gasteiger partial charge in [0.15, 0.2) is 0 Å². The Kier molecular flexibility index (Phi) is 2.06. The topological polar surface area (TPSA) is 26.3 Å². The Morgan fingerprint density at radius 1 is 1.45 bits per heavy atom. The summed E-state index contributed by atoms with van der Waals surface area (Å²) < 4.78 is 40.1. The Bertz CT molecular complexity index is 164. The van der Waals surface area contributed by atoms with Crippen LogP contribution in [0.2, 0.25) is 0 Å². The first-order valence-corrected chi connectivity index (χ1v) is 3.22. The molecule has 5 heteroatoms. The second-order valence-electron chi connectivity index (χ2n) is 2.45. The summed E-state index contributed by atoms with van der Waals surface area (Å²) in [4.78, 5) is 10.4. The Balaban J connectivity index is 2.53. The number of alkyl halides is 3. The molecular weight excluding hydrogens is 161 g/mol. The van der Waals surface area contributed by atoms with Crippen LogP contribution in [0.5, 0.6) is 0 Å². The average molecular weight is 168 g/mol. The number of halogens is 3. The number of carbonyl (C=O) groups excluding carboxylic acids is 1. The summed E-state index contributed by atoms with van der Waals surface area (Å²) >= 11 is 0. The number of rotatable bonds is 0. The highest BCUT2D eigenvalue weighted by molar-refractivity contribution is 5.70. The average Bonchev–Trinajstić information content (AvgIpc) is 1.86. The molecule has 0 aliphatic carbocycles. The maximum absolute atomic E-state index is 11.9. The summed E-state index contributed by atoms with van der Waals surface area (Å²) in [6, 6.07) is 0. The summed E-state index contributed by atoms with van der Waals surface area (Å²) in [5, 5.41) is 0. The SMILES string of the molecule is O=C1CC(C(F)(F)F)CCO1. The van der Waals surface area contributed by atoms with Crippen LogP contribution in [-0.4, -0.2) is 18.8 Å². The van der Waals surface area contributed by atoms with Gasteiger partial charge in [-0.2, -0.15) is 13.2 Å². The molecule has 1 aliphatic rings. The Hall–Kier alpha value is -0.740. The fourth-order valence-electron chi connectivity index (χ4n) is 0.957. The third-order valence-corrected chi connectivity index (χ3v) is 1.61. The monoisotopic (exact) mass is 168 g/mol. The lowest BCUT2D eigenvalue weighted by Crippen LogP contribution is -2.31. The molecule has 0 N–H and O–H groups in total. The fraction of sp³-hybridized carbons (Fsp3) is 0.833. The van der Waals surface area contributed by atoms with Crippen LogP contribution in [0.1, 0.15) is 12.8 Å². The van der Waals surface area contributed by atoms with Crippen molar-refractivity contribution in [2.24, 2.45) is 5.92 Å². The van der Waals surface area contributed by atoms with Crippen molar-refractivity contribution in [3.8, 4) is 0 Å². The molecule has 1 rings (SSSR count). The maximum Gasteiger partial charge on any atom is 0.392 e. The van der Waals surface area contributed by atoms with Crippen LogP contribution < -0.4 is 0 Å². The standard InChI is InChI=1S/C6H7F3O2/c7-6(8,9)4-1-2-11-5(10)3-4/h4H,1-3H2. The van der Waals surface area contributed by atoms with Crippen LogP contribution in [0, 0.1) is 5.92 Å². The van der Waals surface area contributed by atoms with E-state index in [4.69, 9.17) is 0 Å².